The van der Waals surface area contributed by atoms with Crippen molar-refractivity contribution < 1.29 is 0 Å². The third-order valence-electron chi connectivity index (χ3n) is 2.03. The highest BCUT2D eigenvalue weighted by molar-refractivity contribution is 5.39. The van der Waals surface area contributed by atoms with Crippen LogP contribution < -0.4 is 11.1 Å². The minimum Gasteiger partial charge on any atom is -0.399 e. The topological polar surface area (TPSA) is 41.3 Å². The molecule has 0 aliphatic heterocycles. The fraction of sp³-hybridized carbons (Fsp3) is 0.333. The highest BCUT2D eigenvalue weighted by atomic mass is 15.1. The summed E-state index contributed by atoms with van der Waals surface area (Å²) in [6.45, 7) is 5.60. The third-order valence-corrected chi connectivity index (χ3v) is 2.03. The van der Waals surface area contributed by atoms with Crippen molar-refractivity contribution in [3.63, 3.8) is 0 Å². The second kappa shape index (κ2) is 5.41. The molecule has 0 atom stereocenters. The Morgan fingerprint density at radius 3 is 2.47 bits per heavy atom. The van der Waals surface area contributed by atoms with Crippen LogP contribution >= 0.6 is 0 Å². The molecule has 0 aliphatic carbocycles. The molecular formula is C12H19N3. The van der Waals surface area contributed by atoms with E-state index in [1.807, 2.05) is 38.4 Å². The number of nitrogens with one attached hydrogen (secondary N) is 1. The van der Waals surface area contributed by atoms with Crippen molar-refractivity contribution in [2.45, 2.75) is 6.54 Å². The summed E-state index contributed by atoms with van der Waals surface area (Å²) in [6, 6.07) is 7.86. The van der Waals surface area contributed by atoms with E-state index in [4.69, 9.17) is 5.73 Å². The number of hydrogen-bond acceptors (Lipinski definition) is 3. The summed E-state index contributed by atoms with van der Waals surface area (Å²) in [5, 5.41) is 3.27. The van der Waals surface area contributed by atoms with Crippen LogP contribution in [0.25, 0.3) is 0 Å². The monoisotopic (exact) mass is 205 g/mol. The normalized spacial score (nSPS) is 10.3. The minimum absolute atomic E-state index is 0.797. The zero-order valence-corrected chi connectivity index (χ0v) is 9.46. The van der Waals surface area contributed by atoms with Gasteiger partial charge in [0, 0.05) is 24.5 Å². The molecule has 0 amide bonds. The molecule has 1 aromatic carbocycles. The Morgan fingerprint density at radius 2 is 1.93 bits per heavy atom. The second-order valence-corrected chi connectivity index (χ2v) is 3.94. The molecule has 0 saturated heterocycles. The molecule has 1 aromatic rings. The van der Waals surface area contributed by atoms with Gasteiger partial charge in [-0.25, -0.2) is 0 Å². The van der Waals surface area contributed by atoms with E-state index >= 15 is 0 Å². The maximum Gasteiger partial charge on any atom is 0.0398 e. The standard InChI is InChI=1S/C12H19N3/c1-10(9-15(2)3)14-8-11-4-6-12(13)7-5-11/h4-7,14H,1,8-9,13H2,2-3H3. The lowest BCUT2D eigenvalue weighted by atomic mass is 10.2. The SMILES string of the molecule is C=C(CN(C)C)NCc1ccc(N)cc1. The van der Waals surface area contributed by atoms with Crippen molar-refractivity contribution >= 4 is 5.69 Å². The molecule has 82 valence electrons. The first-order chi connectivity index (χ1) is 7.08. The summed E-state index contributed by atoms with van der Waals surface area (Å²) < 4.78 is 0. The van der Waals surface area contributed by atoms with E-state index in [2.05, 4.69) is 16.8 Å². The summed E-state index contributed by atoms with van der Waals surface area (Å²) in [4.78, 5) is 2.08. The van der Waals surface area contributed by atoms with Gasteiger partial charge in [-0.2, -0.15) is 0 Å². The Bertz CT molecular complexity index is 314. The van der Waals surface area contributed by atoms with Gasteiger partial charge >= 0.3 is 0 Å². The number of benzene rings is 1. The van der Waals surface area contributed by atoms with Crippen LogP contribution in [0.2, 0.25) is 0 Å². The Kier molecular flexibility index (Phi) is 4.18. The van der Waals surface area contributed by atoms with Gasteiger partial charge in [0.2, 0.25) is 0 Å². The summed E-state index contributed by atoms with van der Waals surface area (Å²) in [5.41, 5.74) is 8.64. The number of hydrogen-bond donors (Lipinski definition) is 2. The molecule has 0 aliphatic rings. The molecule has 3 heteroatoms. The summed E-state index contributed by atoms with van der Waals surface area (Å²) in [6.07, 6.45) is 0. The molecule has 3 nitrogen and oxygen atoms in total. The summed E-state index contributed by atoms with van der Waals surface area (Å²) >= 11 is 0. The maximum absolute atomic E-state index is 5.60. The van der Waals surface area contributed by atoms with Crippen molar-refractivity contribution in [3.8, 4) is 0 Å². The highest BCUT2D eigenvalue weighted by Crippen LogP contribution is 2.05. The average Bonchev–Trinajstić information content (AvgIpc) is 2.16. The largest absolute Gasteiger partial charge is 0.399 e. The van der Waals surface area contributed by atoms with Crippen molar-refractivity contribution in [1.82, 2.24) is 10.2 Å². The van der Waals surface area contributed by atoms with Crippen LogP contribution in [0.4, 0.5) is 5.69 Å². The van der Waals surface area contributed by atoms with E-state index in [1.54, 1.807) is 0 Å². The quantitative estimate of drug-likeness (QED) is 0.715. The van der Waals surface area contributed by atoms with Crippen molar-refractivity contribution in [1.29, 1.82) is 0 Å². The van der Waals surface area contributed by atoms with Gasteiger partial charge in [0.05, 0.1) is 0 Å². The van der Waals surface area contributed by atoms with Gasteiger partial charge in [0.15, 0.2) is 0 Å². The van der Waals surface area contributed by atoms with Gasteiger partial charge in [-0.3, -0.25) is 0 Å². The number of likely N-dealkylation sites (N-methyl/N-ethyl adjacent to an activating group) is 1. The van der Waals surface area contributed by atoms with Crippen LogP contribution in [-0.2, 0) is 6.54 Å². The molecule has 15 heavy (non-hydrogen) atoms. The fourth-order valence-corrected chi connectivity index (χ4v) is 1.30. The molecule has 0 unspecified atom stereocenters. The number of anilines is 1. The van der Waals surface area contributed by atoms with Gasteiger partial charge in [-0.05, 0) is 31.8 Å². The molecular weight excluding hydrogens is 186 g/mol. The smallest absolute Gasteiger partial charge is 0.0398 e. The maximum atomic E-state index is 5.60. The highest BCUT2D eigenvalue weighted by Gasteiger charge is 1.96. The van der Waals surface area contributed by atoms with E-state index < -0.39 is 0 Å². The minimum atomic E-state index is 0.797. The van der Waals surface area contributed by atoms with E-state index in [-0.39, 0.29) is 0 Å². The van der Waals surface area contributed by atoms with Gasteiger partial charge in [-0.1, -0.05) is 18.7 Å². The first-order valence-corrected chi connectivity index (χ1v) is 4.98. The molecule has 0 aromatic heterocycles. The van der Waals surface area contributed by atoms with Crippen LogP contribution in [0.3, 0.4) is 0 Å². The Morgan fingerprint density at radius 1 is 1.33 bits per heavy atom. The van der Waals surface area contributed by atoms with Gasteiger partial charge in [0.1, 0.15) is 0 Å². The van der Waals surface area contributed by atoms with Crippen LogP contribution in [0.15, 0.2) is 36.5 Å². The third kappa shape index (κ3) is 4.51. The van der Waals surface area contributed by atoms with Crippen LogP contribution in [-0.4, -0.2) is 25.5 Å². The van der Waals surface area contributed by atoms with Gasteiger partial charge in [0.25, 0.3) is 0 Å². The predicted molar refractivity (Wildman–Crippen MR) is 65.4 cm³/mol. The number of nitrogen functional groups attached to an aromatic ring is 1. The molecule has 0 saturated carbocycles. The Labute approximate surface area is 91.6 Å². The molecule has 0 fully saturated rings. The Hall–Kier alpha value is -1.48. The summed E-state index contributed by atoms with van der Waals surface area (Å²) in [7, 11) is 4.05. The first-order valence-electron chi connectivity index (χ1n) is 4.98. The van der Waals surface area contributed by atoms with E-state index in [0.717, 1.165) is 24.5 Å². The Balaban J connectivity index is 2.37. The molecule has 1 rings (SSSR count). The van der Waals surface area contributed by atoms with Crippen LogP contribution in [0, 0.1) is 0 Å². The van der Waals surface area contributed by atoms with Crippen molar-refractivity contribution in [3.05, 3.63) is 42.1 Å². The fourth-order valence-electron chi connectivity index (χ4n) is 1.30. The number of nitrogens with zero attached hydrogens (tertiary/aromatic N) is 1. The molecule has 0 heterocycles. The first kappa shape index (κ1) is 11.6. The number of rotatable bonds is 5. The lowest BCUT2D eigenvalue weighted by molar-refractivity contribution is 0.432. The molecule has 0 radical (unpaired) electrons. The van der Waals surface area contributed by atoms with E-state index in [0.29, 0.717) is 0 Å². The van der Waals surface area contributed by atoms with Crippen LogP contribution in [0.1, 0.15) is 5.56 Å². The zero-order valence-electron chi connectivity index (χ0n) is 9.46. The summed E-state index contributed by atoms with van der Waals surface area (Å²) in [5.74, 6) is 0. The van der Waals surface area contributed by atoms with E-state index in [9.17, 15) is 0 Å². The van der Waals surface area contributed by atoms with E-state index in [1.165, 1.54) is 5.56 Å². The average molecular weight is 205 g/mol. The van der Waals surface area contributed by atoms with Crippen molar-refractivity contribution in [2.75, 3.05) is 26.4 Å². The zero-order chi connectivity index (χ0) is 11.3. The van der Waals surface area contributed by atoms with Gasteiger partial charge < -0.3 is 16.0 Å². The van der Waals surface area contributed by atoms with Crippen molar-refractivity contribution in [2.24, 2.45) is 0 Å². The lowest BCUT2D eigenvalue weighted by Crippen LogP contribution is -2.23. The predicted octanol–water partition coefficient (Wildman–Crippen LogP) is 1.43. The molecule has 0 bridgehead atoms. The molecule has 0 spiro atoms. The van der Waals surface area contributed by atoms with Crippen LogP contribution in [0.5, 0.6) is 0 Å². The second-order valence-electron chi connectivity index (χ2n) is 3.94. The number of nitrogens with two attached hydrogens (primary N) is 1. The molecule has 3 N–H and O–H groups in total. The lowest BCUT2D eigenvalue weighted by Gasteiger charge is -2.14. The van der Waals surface area contributed by atoms with Gasteiger partial charge in [-0.15, -0.1) is 0 Å².